The van der Waals surface area contributed by atoms with Gasteiger partial charge in [0.15, 0.2) is 0 Å². The minimum Gasteiger partial charge on any atom is -0.384 e. The highest BCUT2D eigenvalue weighted by molar-refractivity contribution is 5.82. The van der Waals surface area contributed by atoms with Crippen molar-refractivity contribution < 1.29 is 14.3 Å². The van der Waals surface area contributed by atoms with Gasteiger partial charge in [-0.05, 0) is 44.3 Å². The summed E-state index contributed by atoms with van der Waals surface area (Å²) in [4.78, 5) is 12.5. The quantitative estimate of drug-likeness (QED) is 0.640. The number of carbonyl (C=O) groups is 1. The fraction of sp³-hybridized carbons (Fsp3) is 0.632. The highest BCUT2D eigenvalue weighted by Gasteiger charge is 2.39. The van der Waals surface area contributed by atoms with Crippen molar-refractivity contribution in [2.75, 3.05) is 46.6 Å². The van der Waals surface area contributed by atoms with Crippen LogP contribution in [0.25, 0.3) is 0 Å². The standard InChI is InChI=1S/C19H30N2O3/c1-23-16-19(9-12-20-13-10-19)18(22)21-11-5-14-24-15-8-17-6-3-2-4-7-17/h2-4,6-7,20H,5,8-16H2,1H3,(H,21,22). The number of methoxy groups -OCH3 is 1. The predicted molar refractivity (Wildman–Crippen MR) is 95.0 cm³/mol. The lowest BCUT2D eigenvalue weighted by atomic mass is 9.78. The first-order valence-corrected chi connectivity index (χ1v) is 8.86. The first-order valence-electron chi connectivity index (χ1n) is 8.86. The molecule has 0 spiro atoms. The van der Waals surface area contributed by atoms with Crippen LogP contribution in [0, 0.1) is 5.41 Å². The molecule has 0 aliphatic carbocycles. The molecule has 0 radical (unpaired) electrons. The summed E-state index contributed by atoms with van der Waals surface area (Å²) >= 11 is 0. The number of hydrogen-bond donors (Lipinski definition) is 2. The highest BCUT2D eigenvalue weighted by atomic mass is 16.5. The van der Waals surface area contributed by atoms with E-state index in [1.54, 1.807) is 7.11 Å². The Labute approximate surface area is 145 Å². The third-order valence-corrected chi connectivity index (χ3v) is 4.59. The summed E-state index contributed by atoms with van der Waals surface area (Å²) < 4.78 is 10.9. The van der Waals surface area contributed by atoms with Gasteiger partial charge in [-0.25, -0.2) is 0 Å². The Hall–Kier alpha value is -1.43. The number of benzene rings is 1. The fourth-order valence-corrected chi connectivity index (χ4v) is 3.12. The molecule has 1 fully saturated rings. The normalized spacial score (nSPS) is 16.7. The van der Waals surface area contributed by atoms with E-state index in [2.05, 4.69) is 22.8 Å². The summed E-state index contributed by atoms with van der Waals surface area (Å²) in [5.41, 5.74) is 0.923. The molecule has 1 amide bonds. The van der Waals surface area contributed by atoms with Gasteiger partial charge in [0.2, 0.25) is 5.91 Å². The van der Waals surface area contributed by atoms with Gasteiger partial charge in [0, 0.05) is 20.3 Å². The maximum absolute atomic E-state index is 12.5. The van der Waals surface area contributed by atoms with Crippen molar-refractivity contribution in [1.82, 2.24) is 10.6 Å². The van der Waals surface area contributed by atoms with Crippen molar-refractivity contribution in [3.8, 4) is 0 Å². The molecule has 0 bridgehead atoms. The number of amides is 1. The molecule has 2 N–H and O–H groups in total. The Bertz CT molecular complexity index is 467. The summed E-state index contributed by atoms with van der Waals surface area (Å²) in [6.07, 6.45) is 3.43. The van der Waals surface area contributed by atoms with E-state index in [4.69, 9.17) is 9.47 Å². The molecular weight excluding hydrogens is 304 g/mol. The van der Waals surface area contributed by atoms with Crippen LogP contribution in [-0.4, -0.2) is 52.5 Å². The van der Waals surface area contributed by atoms with Gasteiger partial charge < -0.3 is 20.1 Å². The van der Waals surface area contributed by atoms with Gasteiger partial charge in [0.1, 0.15) is 0 Å². The first kappa shape index (κ1) is 18.9. The first-order chi connectivity index (χ1) is 11.8. The maximum Gasteiger partial charge on any atom is 0.228 e. The summed E-state index contributed by atoms with van der Waals surface area (Å²) in [5.74, 6) is 0.120. The summed E-state index contributed by atoms with van der Waals surface area (Å²) in [6.45, 7) is 4.29. The van der Waals surface area contributed by atoms with E-state index < -0.39 is 0 Å². The van der Waals surface area contributed by atoms with Crippen LogP contribution < -0.4 is 10.6 Å². The van der Waals surface area contributed by atoms with Crippen LogP contribution in [0.5, 0.6) is 0 Å². The number of ether oxygens (including phenoxy) is 2. The minimum absolute atomic E-state index is 0.120. The Morgan fingerprint density at radius 1 is 1.21 bits per heavy atom. The van der Waals surface area contributed by atoms with Crippen molar-refractivity contribution in [2.45, 2.75) is 25.7 Å². The van der Waals surface area contributed by atoms with E-state index in [0.717, 1.165) is 45.4 Å². The van der Waals surface area contributed by atoms with Gasteiger partial charge in [0.05, 0.1) is 18.6 Å². The molecule has 0 atom stereocenters. The van der Waals surface area contributed by atoms with Crippen LogP contribution in [-0.2, 0) is 20.7 Å². The van der Waals surface area contributed by atoms with Crippen molar-refractivity contribution in [2.24, 2.45) is 5.41 Å². The van der Waals surface area contributed by atoms with Crippen LogP contribution in [0.1, 0.15) is 24.8 Å². The van der Waals surface area contributed by atoms with Crippen LogP contribution in [0.15, 0.2) is 30.3 Å². The molecule has 1 aromatic rings. The second-order valence-corrected chi connectivity index (χ2v) is 6.42. The Kier molecular flexibility index (Phi) is 8.22. The predicted octanol–water partition coefficient (Wildman–Crippen LogP) is 1.77. The lowest BCUT2D eigenvalue weighted by Gasteiger charge is -2.35. The van der Waals surface area contributed by atoms with Gasteiger partial charge in [-0.1, -0.05) is 30.3 Å². The van der Waals surface area contributed by atoms with Gasteiger partial charge in [0.25, 0.3) is 0 Å². The molecular formula is C19H30N2O3. The van der Waals surface area contributed by atoms with E-state index in [1.165, 1.54) is 5.56 Å². The molecule has 134 valence electrons. The molecule has 1 saturated heterocycles. The summed E-state index contributed by atoms with van der Waals surface area (Å²) in [6, 6.07) is 10.3. The molecule has 24 heavy (non-hydrogen) atoms. The number of hydrogen-bond acceptors (Lipinski definition) is 4. The molecule has 0 saturated carbocycles. The van der Waals surface area contributed by atoms with Crippen molar-refractivity contribution >= 4 is 5.91 Å². The molecule has 1 aromatic carbocycles. The zero-order valence-corrected chi connectivity index (χ0v) is 14.7. The number of carbonyl (C=O) groups excluding carboxylic acids is 1. The molecule has 1 aliphatic rings. The van der Waals surface area contributed by atoms with Gasteiger partial charge in [-0.3, -0.25) is 4.79 Å². The monoisotopic (exact) mass is 334 g/mol. The molecule has 1 heterocycles. The van der Waals surface area contributed by atoms with Crippen LogP contribution in [0.3, 0.4) is 0 Å². The smallest absolute Gasteiger partial charge is 0.228 e. The SMILES string of the molecule is COCC1(C(=O)NCCCOCCc2ccccc2)CCNCC1. The van der Waals surface area contributed by atoms with E-state index in [0.29, 0.717) is 19.8 Å². The van der Waals surface area contributed by atoms with Crippen molar-refractivity contribution in [3.63, 3.8) is 0 Å². The van der Waals surface area contributed by atoms with Crippen molar-refractivity contribution in [3.05, 3.63) is 35.9 Å². The van der Waals surface area contributed by atoms with E-state index in [-0.39, 0.29) is 11.3 Å². The third kappa shape index (κ3) is 5.89. The van der Waals surface area contributed by atoms with Gasteiger partial charge >= 0.3 is 0 Å². The molecule has 5 nitrogen and oxygen atoms in total. The largest absolute Gasteiger partial charge is 0.384 e. The van der Waals surface area contributed by atoms with Crippen LogP contribution >= 0.6 is 0 Å². The highest BCUT2D eigenvalue weighted by Crippen LogP contribution is 2.29. The fourth-order valence-electron chi connectivity index (χ4n) is 3.12. The minimum atomic E-state index is -0.367. The van der Waals surface area contributed by atoms with Gasteiger partial charge in [-0.2, -0.15) is 0 Å². The van der Waals surface area contributed by atoms with E-state index in [1.807, 2.05) is 18.2 Å². The Morgan fingerprint density at radius 3 is 2.67 bits per heavy atom. The van der Waals surface area contributed by atoms with E-state index >= 15 is 0 Å². The molecule has 2 rings (SSSR count). The van der Waals surface area contributed by atoms with Gasteiger partial charge in [-0.15, -0.1) is 0 Å². The van der Waals surface area contributed by atoms with Crippen molar-refractivity contribution in [1.29, 1.82) is 0 Å². The second kappa shape index (κ2) is 10.4. The molecule has 0 aromatic heterocycles. The number of rotatable bonds is 10. The zero-order chi connectivity index (χ0) is 17.1. The van der Waals surface area contributed by atoms with Crippen LogP contribution in [0.4, 0.5) is 0 Å². The maximum atomic E-state index is 12.5. The average molecular weight is 334 g/mol. The summed E-state index contributed by atoms with van der Waals surface area (Å²) in [7, 11) is 1.66. The molecule has 5 heteroatoms. The molecule has 1 aliphatic heterocycles. The Morgan fingerprint density at radius 2 is 1.96 bits per heavy atom. The Balaban J connectivity index is 1.58. The lowest BCUT2D eigenvalue weighted by Crippen LogP contribution is -2.50. The topological polar surface area (TPSA) is 59.6 Å². The van der Waals surface area contributed by atoms with Crippen LogP contribution in [0.2, 0.25) is 0 Å². The second-order valence-electron chi connectivity index (χ2n) is 6.42. The third-order valence-electron chi connectivity index (χ3n) is 4.59. The number of nitrogens with one attached hydrogen (secondary N) is 2. The van der Waals surface area contributed by atoms with E-state index in [9.17, 15) is 4.79 Å². The number of piperidine rings is 1. The lowest BCUT2D eigenvalue weighted by molar-refractivity contribution is -0.136. The molecule has 0 unspecified atom stereocenters. The average Bonchev–Trinajstić information content (AvgIpc) is 2.62. The zero-order valence-electron chi connectivity index (χ0n) is 14.7. The summed E-state index contributed by atoms with van der Waals surface area (Å²) in [5, 5.41) is 6.36.